The van der Waals surface area contributed by atoms with Crippen molar-refractivity contribution in [3.05, 3.63) is 63.9 Å². The van der Waals surface area contributed by atoms with Crippen molar-refractivity contribution in [3.63, 3.8) is 0 Å². The molecule has 2 nitrogen and oxygen atoms in total. The van der Waals surface area contributed by atoms with Gasteiger partial charge in [-0.3, -0.25) is 0 Å². The Morgan fingerprint density at radius 3 is 2.65 bits per heavy atom. The second-order valence-corrected chi connectivity index (χ2v) is 7.09. The largest absolute Gasteiger partial charge is 0.493 e. The van der Waals surface area contributed by atoms with Gasteiger partial charge in [-0.1, -0.05) is 29.3 Å². The van der Waals surface area contributed by atoms with Crippen LogP contribution in [0.3, 0.4) is 0 Å². The molecule has 0 radical (unpaired) electrons. The van der Waals surface area contributed by atoms with Crippen molar-refractivity contribution in [3.8, 4) is 5.75 Å². The van der Waals surface area contributed by atoms with Gasteiger partial charge in [-0.2, -0.15) is 0 Å². The summed E-state index contributed by atoms with van der Waals surface area (Å²) in [5.74, 6) is 1.43. The highest BCUT2D eigenvalue weighted by Gasteiger charge is 2.67. The molecule has 120 valence electrons. The molecule has 1 saturated carbocycles. The monoisotopic (exact) mass is 351 g/mol. The highest BCUT2D eigenvalue weighted by Crippen LogP contribution is 2.62. The molecule has 4 rings (SSSR count). The predicted octanol–water partition coefficient (Wildman–Crippen LogP) is 4.30. The van der Waals surface area contributed by atoms with E-state index in [-0.39, 0.29) is 11.2 Å². The molecule has 3 atom stereocenters. The summed E-state index contributed by atoms with van der Waals surface area (Å²) in [5.41, 5.74) is 1.29. The van der Waals surface area contributed by atoms with Crippen LogP contribution in [0.5, 0.6) is 5.75 Å². The highest BCUT2D eigenvalue weighted by molar-refractivity contribution is 6.42. The number of hydrogen-bond acceptors (Lipinski definition) is 2. The van der Waals surface area contributed by atoms with Crippen LogP contribution in [0, 0.1) is 17.7 Å². The Balaban J connectivity index is 1.52. The van der Waals surface area contributed by atoms with E-state index in [1.54, 1.807) is 12.1 Å². The first-order valence-corrected chi connectivity index (χ1v) is 8.41. The summed E-state index contributed by atoms with van der Waals surface area (Å²) in [7, 11) is 0. The number of halogens is 3. The van der Waals surface area contributed by atoms with Crippen molar-refractivity contribution in [1.82, 2.24) is 5.32 Å². The first-order chi connectivity index (χ1) is 11.1. The lowest BCUT2D eigenvalue weighted by atomic mass is 9.93. The van der Waals surface area contributed by atoms with Gasteiger partial charge in [-0.05, 0) is 54.4 Å². The van der Waals surface area contributed by atoms with Gasteiger partial charge in [-0.15, -0.1) is 0 Å². The topological polar surface area (TPSA) is 21.3 Å². The van der Waals surface area contributed by atoms with E-state index in [0.717, 1.165) is 13.1 Å². The number of nitrogens with one attached hydrogen (secondary N) is 1. The van der Waals surface area contributed by atoms with Gasteiger partial charge in [0.1, 0.15) is 11.6 Å². The van der Waals surface area contributed by atoms with Crippen LogP contribution in [0.25, 0.3) is 0 Å². The molecular formula is C18H16Cl2FNO. The lowest BCUT2D eigenvalue weighted by molar-refractivity contribution is 0.275. The van der Waals surface area contributed by atoms with Crippen LogP contribution in [-0.4, -0.2) is 19.7 Å². The standard InChI is InChI=1S/C18H16Cl2FNO/c19-16-6-1-11(7-17(16)20)18-10-22-8-14(18)15(18)9-23-13-4-2-12(21)3-5-13/h1-7,14-15,22H,8-10H2/t14-,15+,18+/m1/s1. The average Bonchev–Trinajstić information content (AvgIpc) is 2.94. The summed E-state index contributed by atoms with van der Waals surface area (Å²) in [6, 6.07) is 12.1. The van der Waals surface area contributed by atoms with Crippen molar-refractivity contribution >= 4 is 23.2 Å². The van der Waals surface area contributed by atoms with Gasteiger partial charge in [0.25, 0.3) is 0 Å². The van der Waals surface area contributed by atoms with Crippen molar-refractivity contribution in [2.75, 3.05) is 19.7 Å². The lowest BCUT2D eigenvalue weighted by Crippen LogP contribution is -2.25. The first kappa shape index (κ1) is 15.3. The smallest absolute Gasteiger partial charge is 0.123 e. The molecule has 1 aliphatic carbocycles. The quantitative estimate of drug-likeness (QED) is 0.886. The fourth-order valence-electron chi connectivity index (χ4n) is 3.92. The van der Waals surface area contributed by atoms with Gasteiger partial charge in [0.15, 0.2) is 0 Å². The molecule has 0 aromatic heterocycles. The van der Waals surface area contributed by atoms with Gasteiger partial charge in [0, 0.05) is 17.9 Å². The van der Waals surface area contributed by atoms with Gasteiger partial charge >= 0.3 is 0 Å². The average molecular weight is 352 g/mol. The molecule has 0 bridgehead atoms. The Hall–Kier alpha value is -1.29. The van der Waals surface area contributed by atoms with E-state index in [2.05, 4.69) is 11.4 Å². The molecule has 0 spiro atoms. The highest BCUT2D eigenvalue weighted by atomic mass is 35.5. The lowest BCUT2D eigenvalue weighted by Gasteiger charge is -2.17. The van der Waals surface area contributed by atoms with E-state index in [0.29, 0.717) is 34.2 Å². The van der Waals surface area contributed by atoms with Crippen LogP contribution in [0.1, 0.15) is 5.56 Å². The van der Waals surface area contributed by atoms with Crippen LogP contribution >= 0.6 is 23.2 Å². The Bertz CT molecular complexity index is 736. The predicted molar refractivity (Wildman–Crippen MR) is 89.9 cm³/mol. The maximum atomic E-state index is 13.0. The minimum absolute atomic E-state index is 0.0776. The first-order valence-electron chi connectivity index (χ1n) is 7.66. The zero-order valence-electron chi connectivity index (χ0n) is 12.4. The second-order valence-electron chi connectivity index (χ2n) is 6.28. The van der Waals surface area contributed by atoms with E-state index >= 15 is 0 Å². The molecule has 5 heteroatoms. The number of benzene rings is 2. The molecule has 2 aliphatic rings. The summed E-state index contributed by atoms with van der Waals surface area (Å²) in [6.45, 7) is 2.53. The molecular weight excluding hydrogens is 336 g/mol. The molecule has 1 saturated heterocycles. The molecule has 0 amide bonds. The molecule has 1 aliphatic heterocycles. The summed E-state index contributed by atoms with van der Waals surface area (Å²) >= 11 is 12.2. The number of hydrogen-bond donors (Lipinski definition) is 1. The van der Waals surface area contributed by atoms with E-state index in [9.17, 15) is 4.39 Å². The SMILES string of the molecule is Fc1ccc(OC[C@H]2[C@H]3CNC[C@]32c2ccc(Cl)c(Cl)c2)cc1. The van der Waals surface area contributed by atoms with E-state index in [1.165, 1.54) is 17.7 Å². The number of fused-ring (bicyclic) bond motifs is 1. The van der Waals surface area contributed by atoms with Crippen LogP contribution in [0.2, 0.25) is 10.0 Å². The Kier molecular flexibility index (Phi) is 3.75. The third-order valence-electron chi connectivity index (χ3n) is 5.18. The van der Waals surface area contributed by atoms with Crippen molar-refractivity contribution < 1.29 is 9.13 Å². The second kappa shape index (κ2) is 5.66. The Morgan fingerprint density at radius 1 is 1.13 bits per heavy atom. The Labute approximate surface area is 144 Å². The fourth-order valence-corrected chi connectivity index (χ4v) is 4.22. The Morgan fingerprint density at radius 2 is 1.91 bits per heavy atom. The fraction of sp³-hybridized carbons (Fsp3) is 0.333. The van der Waals surface area contributed by atoms with Crippen molar-refractivity contribution in [1.29, 1.82) is 0 Å². The summed E-state index contributed by atoms with van der Waals surface area (Å²) < 4.78 is 18.8. The molecule has 2 aromatic rings. The number of ether oxygens (including phenoxy) is 1. The minimum atomic E-state index is -0.253. The van der Waals surface area contributed by atoms with Gasteiger partial charge in [-0.25, -0.2) is 4.39 Å². The minimum Gasteiger partial charge on any atom is -0.493 e. The molecule has 23 heavy (non-hydrogen) atoms. The zero-order chi connectivity index (χ0) is 16.0. The van der Waals surface area contributed by atoms with E-state index in [1.807, 2.05) is 12.1 Å². The summed E-state index contributed by atoms with van der Waals surface area (Å²) in [4.78, 5) is 0. The maximum absolute atomic E-state index is 13.0. The van der Waals surface area contributed by atoms with Crippen LogP contribution in [0.4, 0.5) is 4.39 Å². The van der Waals surface area contributed by atoms with Gasteiger partial charge in [0.2, 0.25) is 0 Å². The molecule has 1 N–H and O–H groups in total. The molecule has 2 fully saturated rings. The van der Waals surface area contributed by atoms with Gasteiger partial charge < -0.3 is 10.1 Å². The molecule has 1 heterocycles. The third kappa shape index (κ3) is 2.51. The number of rotatable bonds is 4. The number of piperidine rings is 1. The molecule has 2 aromatic carbocycles. The van der Waals surface area contributed by atoms with Crippen molar-refractivity contribution in [2.45, 2.75) is 5.41 Å². The van der Waals surface area contributed by atoms with Crippen molar-refractivity contribution in [2.24, 2.45) is 11.8 Å². The van der Waals surface area contributed by atoms with Crippen LogP contribution < -0.4 is 10.1 Å². The normalized spacial score (nSPS) is 28.5. The third-order valence-corrected chi connectivity index (χ3v) is 5.92. The summed E-state index contributed by atoms with van der Waals surface area (Å²) in [5, 5.41) is 4.62. The molecule has 0 unspecified atom stereocenters. The van der Waals surface area contributed by atoms with E-state index in [4.69, 9.17) is 27.9 Å². The van der Waals surface area contributed by atoms with Crippen LogP contribution in [0.15, 0.2) is 42.5 Å². The van der Waals surface area contributed by atoms with E-state index < -0.39 is 0 Å². The summed E-state index contributed by atoms with van der Waals surface area (Å²) in [6.07, 6.45) is 0. The maximum Gasteiger partial charge on any atom is 0.123 e. The zero-order valence-corrected chi connectivity index (χ0v) is 13.9. The van der Waals surface area contributed by atoms with Crippen LogP contribution in [-0.2, 0) is 5.41 Å². The van der Waals surface area contributed by atoms with Gasteiger partial charge in [0.05, 0.1) is 16.7 Å².